The fourth-order valence-electron chi connectivity index (χ4n) is 1.68. The number of nitrogens with one attached hydrogen (secondary N) is 1. The predicted octanol–water partition coefficient (Wildman–Crippen LogP) is 2.17. The quantitative estimate of drug-likeness (QED) is 0.813. The van der Waals surface area contributed by atoms with E-state index in [2.05, 4.69) is 10.3 Å². The molecule has 0 spiro atoms. The number of carbonyl (C=O) groups is 1. The van der Waals surface area contributed by atoms with Gasteiger partial charge in [-0.15, -0.1) is 5.48 Å². The molecule has 0 amide bonds. The van der Waals surface area contributed by atoms with Crippen LogP contribution in [0.3, 0.4) is 0 Å². The van der Waals surface area contributed by atoms with Crippen molar-refractivity contribution < 1.29 is 32.3 Å². The molecule has 2 rings (SSSR count). The average molecular weight is 277 g/mol. The lowest BCUT2D eigenvalue weighted by Crippen LogP contribution is -2.44. The van der Waals surface area contributed by atoms with Gasteiger partial charge < -0.3 is 9.94 Å². The normalized spacial score (nSPS) is 22.3. The van der Waals surface area contributed by atoms with Crippen LogP contribution in [-0.4, -0.2) is 11.1 Å². The first-order valence-electron chi connectivity index (χ1n) is 4.98. The van der Waals surface area contributed by atoms with Crippen LogP contribution in [0.25, 0.3) is 0 Å². The number of benzene rings is 1. The minimum atomic E-state index is -4.84. The lowest BCUT2D eigenvalue weighted by molar-refractivity contribution is -0.146. The van der Waals surface area contributed by atoms with Crippen molar-refractivity contribution in [2.75, 3.05) is 0 Å². The second-order valence-corrected chi connectivity index (χ2v) is 3.83. The number of hydroxylamine groups is 1. The summed E-state index contributed by atoms with van der Waals surface area (Å²) in [6, 6.07) is 1.89. The van der Waals surface area contributed by atoms with E-state index in [0.717, 1.165) is 18.4 Å². The maximum Gasteiger partial charge on any atom is 0.419 e. The van der Waals surface area contributed by atoms with E-state index in [4.69, 9.17) is 5.11 Å². The summed E-state index contributed by atoms with van der Waals surface area (Å²) in [5.74, 6) is -2.98. The molecule has 4 nitrogen and oxygen atoms in total. The van der Waals surface area contributed by atoms with Crippen molar-refractivity contribution in [2.45, 2.75) is 11.7 Å². The molecule has 0 fully saturated rings. The van der Waals surface area contributed by atoms with Gasteiger partial charge in [0.25, 0.3) is 0 Å². The van der Waals surface area contributed by atoms with E-state index in [1.54, 1.807) is 0 Å². The summed E-state index contributed by atoms with van der Waals surface area (Å²) in [6.07, 6.45) is -2.75. The molecule has 0 saturated heterocycles. The fourth-order valence-corrected chi connectivity index (χ4v) is 1.68. The van der Waals surface area contributed by atoms with Gasteiger partial charge in [0.05, 0.1) is 5.56 Å². The number of alkyl halides is 3. The molecule has 1 aliphatic heterocycles. The van der Waals surface area contributed by atoms with Gasteiger partial charge in [-0.2, -0.15) is 13.2 Å². The van der Waals surface area contributed by atoms with Gasteiger partial charge in [0.15, 0.2) is 5.54 Å². The van der Waals surface area contributed by atoms with Gasteiger partial charge in [0.2, 0.25) is 0 Å². The summed E-state index contributed by atoms with van der Waals surface area (Å²) in [5, 5.41) is 9.10. The lowest BCUT2D eigenvalue weighted by Gasteiger charge is -2.22. The molecule has 1 heterocycles. The van der Waals surface area contributed by atoms with E-state index in [-0.39, 0.29) is 5.56 Å². The molecule has 0 saturated carbocycles. The first-order chi connectivity index (χ1) is 8.77. The zero-order chi connectivity index (χ0) is 14.3. The smallest absolute Gasteiger partial charge is 0.419 e. The Morgan fingerprint density at radius 1 is 1.37 bits per heavy atom. The van der Waals surface area contributed by atoms with Crippen molar-refractivity contribution in [3.8, 4) is 0 Å². The molecule has 1 aromatic carbocycles. The van der Waals surface area contributed by atoms with E-state index in [1.165, 1.54) is 0 Å². The van der Waals surface area contributed by atoms with Crippen molar-refractivity contribution >= 4 is 5.97 Å². The molecule has 0 bridgehead atoms. The van der Waals surface area contributed by atoms with E-state index < -0.39 is 29.1 Å². The second kappa shape index (κ2) is 4.23. The Balaban J connectivity index is 2.50. The number of hydrogen-bond acceptors (Lipinski definition) is 3. The Morgan fingerprint density at radius 3 is 2.47 bits per heavy atom. The molecular formula is C11H7F4NO3. The van der Waals surface area contributed by atoms with Crippen LogP contribution < -0.4 is 5.48 Å². The Bertz CT molecular complexity index is 555. The van der Waals surface area contributed by atoms with Crippen LogP contribution >= 0.6 is 0 Å². The van der Waals surface area contributed by atoms with Crippen LogP contribution in [-0.2, 0) is 21.3 Å². The highest BCUT2D eigenvalue weighted by Gasteiger charge is 2.43. The Labute approximate surface area is 104 Å². The highest BCUT2D eigenvalue weighted by molar-refractivity contribution is 5.83. The minimum absolute atomic E-state index is 0.209. The molecule has 1 atom stereocenters. The summed E-state index contributed by atoms with van der Waals surface area (Å²) in [7, 11) is 0. The summed E-state index contributed by atoms with van der Waals surface area (Å²) < 4.78 is 50.6. The third kappa shape index (κ3) is 2.14. The molecule has 19 heavy (non-hydrogen) atoms. The van der Waals surface area contributed by atoms with Crippen LogP contribution in [0.2, 0.25) is 0 Å². The standard InChI is InChI=1S/C11H7F4NO3/c12-8-5-6(1-2-7(8)11(13,14)15)10(9(17)18)3-4-19-16-10/h1-5,16H,(H,17,18). The largest absolute Gasteiger partial charge is 0.479 e. The third-order valence-corrected chi connectivity index (χ3v) is 2.67. The van der Waals surface area contributed by atoms with Crippen LogP contribution in [0.4, 0.5) is 17.6 Å². The number of carboxylic acid groups (broad SMARTS) is 1. The molecule has 102 valence electrons. The zero-order valence-electron chi connectivity index (χ0n) is 9.16. The van der Waals surface area contributed by atoms with Crippen LogP contribution in [0.5, 0.6) is 0 Å². The molecule has 1 aliphatic rings. The van der Waals surface area contributed by atoms with Crippen molar-refractivity contribution in [3.05, 3.63) is 47.5 Å². The summed E-state index contributed by atoms with van der Waals surface area (Å²) in [5.41, 5.74) is -1.45. The fraction of sp³-hybridized carbons (Fsp3) is 0.182. The van der Waals surface area contributed by atoms with E-state index >= 15 is 0 Å². The number of carboxylic acids is 1. The minimum Gasteiger partial charge on any atom is -0.479 e. The van der Waals surface area contributed by atoms with Gasteiger partial charge in [-0.25, -0.2) is 9.18 Å². The topological polar surface area (TPSA) is 58.6 Å². The highest BCUT2D eigenvalue weighted by Crippen LogP contribution is 2.34. The number of aliphatic carboxylic acids is 1. The second-order valence-electron chi connectivity index (χ2n) is 3.83. The molecule has 0 radical (unpaired) electrons. The average Bonchev–Trinajstić information content (AvgIpc) is 2.77. The van der Waals surface area contributed by atoms with Crippen LogP contribution in [0.1, 0.15) is 11.1 Å². The van der Waals surface area contributed by atoms with Crippen molar-refractivity contribution in [1.29, 1.82) is 0 Å². The van der Waals surface area contributed by atoms with Crippen LogP contribution in [0.15, 0.2) is 30.5 Å². The van der Waals surface area contributed by atoms with Crippen LogP contribution in [0, 0.1) is 5.82 Å². The molecule has 1 unspecified atom stereocenters. The van der Waals surface area contributed by atoms with Gasteiger partial charge in [-0.3, -0.25) is 0 Å². The Kier molecular flexibility index (Phi) is 2.97. The van der Waals surface area contributed by atoms with Gasteiger partial charge in [-0.1, -0.05) is 6.07 Å². The van der Waals surface area contributed by atoms with E-state index in [1.807, 2.05) is 0 Å². The van der Waals surface area contributed by atoms with Gasteiger partial charge in [0.1, 0.15) is 12.1 Å². The molecule has 2 N–H and O–H groups in total. The Morgan fingerprint density at radius 2 is 2.05 bits per heavy atom. The maximum absolute atomic E-state index is 13.4. The van der Waals surface area contributed by atoms with Gasteiger partial charge in [0, 0.05) is 0 Å². The van der Waals surface area contributed by atoms with Gasteiger partial charge in [-0.05, 0) is 23.8 Å². The zero-order valence-corrected chi connectivity index (χ0v) is 9.16. The Hall–Kier alpha value is -2.09. The molecule has 0 aromatic heterocycles. The number of rotatable bonds is 2. The molecule has 8 heteroatoms. The third-order valence-electron chi connectivity index (χ3n) is 2.67. The predicted molar refractivity (Wildman–Crippen MR) is 54.1 cm³/mol. The highest BCUT2D eigenvalue weighted by atomic mass is 19.4. The van der Waals surface area contributed by atoms with E-state index in [9.17, 15) is 22.4 Å². The lowest BCUT2D eigenvalue weighted by atomic mass is 9.90. The first kappa shape index (κ1) is 13.3. The van der Waals surface area contributed by atoms with Crippen molar-refractivity contribution in [1.82, 2.24) is 5.48 Å². The van der Waals surface area contributed by atoms with Crippen molar-refractivity contribution in [3.63, 3.8) is 0 Å². The molecule has 0 aliphatic carbocycles. The first-order valence-corrected chi connectivity index (χ1v) is 4.98. The summed E-state index contributed by atoms with van der Waals surface area (Å²) in [4.78, 5) is 15.7. The molecule has 1 aromatic rings. The number of halogens is 4. The monoisotopic (exact) mass is 277 g/mol. The summed E-state index contributed by atoms with van der Waals surface area (Å²) in [6.45, 7) is 0. The SMILES string of the molecule is O=C(O)C1(c2ccc(C(F)(F)F)c(F)c2)C=CON1. The van der Waals surface area contributed by atoms with E-state index in [0.29, 0.717) is 12.1 Å². The van der Waals surface area contributed by atoms with Crippen molar-refractivity contribution in [2.24, 2.45) is 0 Å². The maximum atomic E-state index is 13.4. The van der Waals surface area contributed by atoms with Gasteiger partial charge >= 0.3 is 12.1 Å². The molecular weight excluding hydrogens is 270 g/mol. The number of hydrogen-bond donors (Lipinski definition) is 2. The summed E-state index contributed by atoms with van der Waals surface area (Å²) >= 11 is 0.